The van der Waals surface area contributed by atoms with Crippen LogP contribution in [0.25, 0.3) is 0 Å². The number of rotatable bonds is 3. The van der Waals surface area contributed by atoms with Crippen molar-refractivity contribution >= 4 is 17.2 Å². The van der Waals surface area contributed by atoms with Crippen molar-refractivity contribution < 1.29 is 9.90 Å². The van der Waals surface area contributed by atoms with E-state index in [1.807, 2.05) is 10.8 Å². The maximum Gasteiger partial charge on any atom is 0.252 e. The Hall–Kier alpha value is -1.81. The molecule has 2 rings (SSSR count). The van der Waals surface area contributed by atoms with E-state index in [1.54, 1.807) is 30.3 Å². The molecule has 3 nitrogen and oxygen atoms in total. The molecule has 82 valence electrons. The van der Waals surface area contributed by atoms with Crippen molar-refractivity contribution in [3.05, 3.63) is 52.2 Å². The number of carbonyl (C=O) groups is 1. The monoisotopic (exact) mass is 233 g/mol. The number of phenolic OH excluding ortho intramolecular Hbond substituents is 1. The first kappa shape index (κ1) is 10.7. The van der Waals surface area contributed by atoms with Crippen LogP contribution in [0.4, 0.5) is 0 Å². The van der Waals surface area contributed by atoms with Gasteiger partial charge >= 0.3 is 0 Å². The predicted octanol–water partition coefficient (Wildman–Crippen LogP) is 2.38. The van der Waals surface area contributed by atoms with Gasteiger partial charge in [0, 0.05) is 17.5 Å². The summed E-state index contributed by atoms with van der Waals surface area (Å²) in [5.41, 5.74) is 1.64. The Morgan fingerprint density at radius 3 is 2.62 bits per heavy atom. The van der Waals surface area contributed by atoms with Crippen LogP contribution in [-0.2, 0) is 6.54 Å². The van der Waals surface area contributed by atoms with E-state index in [0.29, 0.717) is 12.1 Å². The number of thiophene rings is 1. The zero-order chi connectivity index (χ0) is 11.4. The fourth-order valence-corrected chi connectivity index (χ4v) is 1.93. The molecular formula is C12H11NO2S. The van der Waals surface area contributed by atoms with E-state index in [2.05, 4.69) is 5.32 Å². The van der Waals surface area contributed by atoms with Gasteiger partial charge in [-0.05, 0) is 29.1 Å². The van der Waals surface area contributed by atoms with E-state index in [0.717, 1.165) is 5.56 Å². The van der Waals surface area contributed by atoms with E-state index < -0.39 is 0 Å². The summed E-state index contributed by atoms with van der Waals surface area (Å²) in [6.45, 7) is 0.467. The van der Waals surface area contributed by atoms with E-state index in [4.69, 9.17) is 5.11 Å². The summed E-state index contributed by atoms with van der Waals surface area (Å²) in [7, 11) is 0. The van der Waals surface area contributed by atoms with Gasteiger partial charge in [0.15, 0.2) is 0 Å². The van der Waals surface area contributed by atoms with Gasteiger partial charge in [0.05, 0.1) is 0 Å². The Bertz CT molecular complexity index is 462. The van der Waals surface area contributed by atoms with Crippen molar-refractivity contribution in [3.8, 4) is 5.75 Å². The average Bonchev–Trinajstić information content (AvgIpc) is 2.81. The Balaban J connectivity index is 1.93. The van der Waals surface area contributed by atoms with E-state index >= 15 is 0 Å². The number of hydrogen-bond donors (Lipinski definition) is 2. The summed E-state index contributed by atoms with van der Waals surface area (Å²) >= 11 is 1.50. The van der Waals surface area contributed by atoms with Gasteiger partial charge in [-0.1, -0.05) is 12.1 Å². The lowest BCUT2D eigenvalue weighted by Crippen LogP contribution is -2.22. The molecule has 1 heterocycles. The minimum atomic E-state index is -0.0747. The van der Waals surface area contributed by atoms with Gasteiger partial charge in [0.25, 0.3) is 5.91 Å². The third-order valence-electron chi connectivity index (χ3n) is 2.17. The maximum atomic E-state index is 11.6. The van der Waals surface area contributed by atoms with Crippen LogP contribution in [0.3, 0.4) is 0 Å². The number of phenols is 1. The van der Waals surface area contributed by atoms with Gasteiger partial charge in [-0.3, -0.25) is 4.79 Å². The molecule has 2 aromatic rings. The molecule has 4 heteroatoms. The molecule has 1 aromatic heterocycles. The highest BCUT2D eigenvalue weighted by molar-refractivity contribution is 7.08. The molecule has 1 amide bonds. The largest absolute Gasteiger partial charge is 0.508 e. The van der Waals surface area contributed by atoms with Gasteiger partial charge in [-0.25, -0.2) is 0 Å². The molecule has 1 aromatic carbocycles. The lowest BCUT2D eigenvalue weighted by molar-refractivity contribution is 0.0951. The van der Waals surface area contributed by atoms with Crippen LogP contribution in [0.5, 0.6) is 5.75 Å². The summed E-state index contributed by atoms with van der Waals surface area (Å²) in [5, 5.41) is 15.6. The molecule has 0 atom stereocenters. The van der Waals surface area contributed by atoms with Crippen molar-refractivity contribution in [2.75, 3.05) is 0 Å². The predicted molar refractivity (Wildman–Crippen MR) is 63.6 cm³/mol. The number of benzene rings is 1. The van der Waals surface area contributed by atoms with Crippen molar-refractivity contribution in [1.29, 1.82) is 0 Å². The van der Waals surface area contributed by atoms with Gasteiger partial charge in [-0.15, -0.1) is 0 Å². The molecule has 0 saturated carbocycles. The number of hydrogen-bond acceptors (Lipinski definition) is 3. The van der Waals surface area contributed by atoms with Crippen LogP contribution >= 0.6 is 11.3 Å². The molecular weight excluding hydrogens is 222 g/mol. The topological polar surface area (TPSA) is 49.3 Å². The van der Waals surface area contributed by atoms with Crippen LogP contribution in [0.15, 0.2) is 41.1 Å². The van der Waals surface area contributed by atoms with Crippen LogP contribution in [0, 0.1) is 0 Å². The van der Waals surface area contributed by atoms with Crippen LogP contribution < -0.4 is 5.32 Å². The van der Waals surface area contributed by atoms with Gasteiger partial charge in [0.2, 0.25) is 0 Å². The Morgan fingerprint density at radius 2 is 2.00 bits per heavy atom. The smallest absolute Gasteiger partial charge is 0.252 e. The summed E-state index contributed by atoms with van der Waals surface area (Å²) in [5.74, 6) is 0.155. The van der Waals surface area contributed by atoms with Crippen molar-refractivity contribution in [3.63, 3.8) is 0 Å². The Morgan fingerprint density at radius 1 is 1.25 bits per heavy atom. The number of nitrogens with one attached hydrogen (secondary N) is 1. The zero-order valence-corrected chi connectivity index (χ0v) is 9.33. The minimum absolute atomic E-state index is 0.0747. The van der Waals surface area contributed by atoms with Crippen molar-refractivity contribution in [1.82, 2.24) is 5.32 Å². The maximum absolute atomic E-state index is 11.6. The molecule has 0 aliphatic rings. The molecule has 0 radical (unpaired) electrons. The molecule has 16 heavy (non-hydrogen) atoms. The fraction of sp³-hybridized carbons (Fsp3) is 0.0833. The number of aromatic hydroxyl groups is 1. The lowest BCUT2D eigenvalue weighted by atomic mass is 10.2. The highest BCUT2D eigenvalue weighted by Crippen LogP contribution is 2.10. The third-order valence-corrected chi connectivity index (χ3v) is 2.86. The number of carbonyl (C=O) groups excluding carboxylic acids is 1. The van der Waals surface area contributed by atoms with E-state index in [-0.39, 0.29) is 11.7 Å². The number of amides is 1. The molecule has 0 aliphatic heterocycles. The quantitative estimate of drug-likeness (QED) is 0.855. The summed E-state index contributed by atoms with van der Waals surface area (Å²) in [4.78, 5) is 11.6. The molecule has 0 bridgehead atoms. The molecule has 2 N–H and O–H groups in total. The van der Waals surface area contributed by atoms with Crippen LogP contribution in [-0.4, -0.2) is 11.0 Å². The molecule has 0 fully saturated rings. The second kappa shape index (κ2) is 4.81. The highest BCUT2D eigenvalue weighted by atomic mass is 32.1. The summed E-state index contributed by atoms with van der Waals surface area (Å²) in [6.07, 6.45) is 0. The third kappa shape index (κ3) is 2.61. The standard InChI is InChI=1S/C12H11NO2S/c14-11-3-1-9(2-4-11)7-13-12(15)10-5-6-16-8-10/h1-6,8,14H,7H2,(H,13,15). The second-order valence-electron chi connectivity index (χ2n) is 3.36. The zero-order valence-electron chi connectivity index (χ0n) is 8.51. The lowest BCUT2D eigenvalue weighted by Gasteiger charge is -2.03. The molecule has 0 aliphatic carbocycles. The van der Waals surface area contributed by atoms with Crippen molar-refractivity contribution in [2.45, 2.75) is 6.54 Å². The van der Waals surface area contributed by atoms with E-state index in [1.165, 1.54) is 11.3 Å². The second-order valence-corrected chi connectivity index (χ2v) is 4.14. The first-order valence-corrected chi connectivity index (χ1v) is 5.78. The van der Waals surface area contributed by atoms with Gasteiger partial charge in [-0.2, -0.15) is 11.3 Å². The van der Waals surface area contributed by atoms with Gasteiger partial charge < -0.3 is 10.4 Å². The van der Waals surface area contributed by atoms with Crippen LogP contribution in [0.1, 0.15) is 15.9 Å². The highest BCUT2D eigenvalue weighted by Gasteiger charge is 2.04. The average molecular weight is 233 g/mol. The minimum Gasteiger partial charge on any atom is -0.508 e. The van der Waals surface area contributed by atoms with Crippen LogP contribution in [0.2, 0.25) is 0 Å². The first-order valence-electron chi connectivity index (χ1n) is 4.84. The van der Waals surface area contributed by atoms with Gasteiger partial charge in [0.1, 0.15) is 5.75 Å². The first-order chi connectivity index (χ1) is 7.75. The SMILES string of the molecule is O=C(NCc1ccc(O)cc1)c1ccsc1. The molecule has 0 unspecified atom stereocenters. The summed E-state index contributed by atoms with van der Waals surface area (Å²) < 4.78 is 0. The normalized spacial score (nSPS) is 10.0. The Labute approximate surface area is 97.4 Å². The molecule has 0 saturated heterocycles. The van der Waals surface area contributed by atoms with E-state index in [9.17, 15) is 4.79 Å². The fourth-order valence-electron chi connectivity index (χ4n) is 1.29. The summed E-state index contributed by atoms with van der Waals surface area (Å²) in [6, 6.07) is 8.56. The molecule has 0 spiro atoms. The Kier molecular flexibility index (Phi) is 3.22. The van der Waals surface area contributed by atoms with Crippen molar-refractivity contribution in [2.24, 2.45) is 0 Å².